The summed E-state index contributed by atoms with van der Waals surface area (Å²) in [6, 6.07) is 13.0. The Morgan fingerprint density at radius 2 is 1.94 bits per heavy atom. The number of halogens is 1. The van der Waals surface area contributed by atoms with Crippen LogP contribution in [0, 0.1) is 5.82 Å². The van der Waals surface area contributed by atoms with Crippen molar-refractivity contribution in [3.05, 3.63) is 96.7 Å². The van der Waals surface area contributed by atoms with Crippen LogP contribution in [0.25, 0.3) is 5.69 Å². The van der Waals surface area contributed by atoms with E-state index in [1.165, 1.54) is 59.8 Å². The minimum atomic E-state index is -3.77. The maximum atomic E-state index is 14.3. The summed E-state index contributed by atoms with van der Waals surface area (Å²) >= 11 is 0. The zero-order valence-electron chi connectivity index (χ0n) is 16.0. The molecule has 1 amide bonds. The summed E-state index contributed by atoms with van der Waals surface area (Å²) in [5, 5.41) is 2.59. The number of furan rings is 1. The number of hydrogen-bond donors (Lipinski definition) is 2. The number of aromatic nitrogens is 2. The molecule has 2 heterocycles. The molecule has 8 nitrogen and oxygen atoms in total. The van der Waals surface area contributed by atoms with Gasteiger partial charge in [0.2, 0.25) is 10.0 Å². The lowest BCUT2D eigenvalue weighted by Crippen LogP contribution is -2.23. The first-order valence-corrected chi connectivity index (χ1v) is 10.6. The van der Waals surface area contributed by atoms with Crippen LogP contribution in [-0.2, 0) is 16.6 Å². The van der Waals surface area contributed by atoms with E-state index in [1.807, 2.05) is 0 Å². The lowest BCUT2D eigenvalue weighted by atomic mass is 10.2. The van der Waals surface area contributed by atoms with Crippen molar-refractivity contribution >= 4 is 21.6 Å². The fourth-order valence-electron chi connectivity index (χ4n) is 2.85. The Morgan fingerprint density at radius 3 is 2.58 bits per heavy atom. The van der Waals surface area contributed by atoms with Crippen molar-refractivity contribution in [1.29, 1.82) is 0 Å². The Hall–Kier alpha value is -3.76. The zero-order valence-corrected chi connectivity index (χ0v) is 16.8. The van der Waals surface area contributed by atoms with Gasteiger partial charge in [0, 0.05) is 23.6 Å². The van der Waals surface area contributed by atoms with Gasteiger partial charge in [-0.25, -0.2) is 22.5 Å². The molecule has 0 radical (unpaired) electrons. The molecule has 31 heavy (non-hydrogen) atoms. The molecule has 4 rings (SSSR count). The van der Waals surface area contributed by atoms with E-state index >= 15 is 0 Å². The summed E-state index contributed by atoms with van der Waals surface area (Å²) in [7, 11) is -3.77. The second-order valence-electron chi connectivity index (χ2n) is 6.52. The molecule has 0 unspecified atom stereocenters. The van der Waals surface area contributed by atoms with E-state index in [-0.39, 0.29) is 22.7 Å². The van der Waals surface area contributed by atoms with Crippen LogP contribution in [0.4, 0.5) is 10.1 Å². The van der Waals surface area contributed by atoms with Crippen molar-refractivity contribution < 1.29 is 22.0 Å². The van der Waals surface area contributed by atoms with Crippen molar-refractivity contribution in [3.63, 3.8) is 0 Å². The molecule has 158 valence electrons. The van der Waals surface area contributed by atoms with Gasteiger partial charge in [-0.1, -0.05) is 0 Å². The number of hydrogen-bond acceptors (Lipinski definition) is 5. The van der Waals surface area contributed by atoms with E-state index in [0.29, 0.717) is 11.4 Å². The van der Waals surface area contributed by atoms with E-state index in [9.17, 15) is 17.6 Å². The number of anilines is 1. The third-order valence-electron chi connectivity index (χ3n) is 4.43. The van der Waals surface area contributed by atoms with Gasteiger partial charge in [-0.05, 0) is 54.6 Å². The first-order chi connectivity index (χ1) is 14.9. The first kappa shape index (κ1) is 20.5. The smallest absolute Gasteiger partial charge is 0.255 e. The number of imidazole rings is 1. The van der Waals surface area contributed by atoms with Gasteiger partial charge in [-0.15, -0.1) is 0 Å². The van der Waals surface area contributed by atoms with Crippen molar-refractivity contribution in [2.45, 2.75) is 11.4 Å². The monoisotopic (exact) mass is 440 g/mol. The molecule has 0 bridgehead atoms. The summed E-state index contributed by atoms with van der Waals surface area (Å²) in [5.74, 6) is -0.548. The van der Waals surface area contributed by atoms with Crippen molar-refractivity contribution in [2.24, 2.45) is 0 Å². The highest BCUT2D eigenvalue weighted by atomic mass is 32.2. The van der Waals surface area contributed by atoms with E-state index in [4.69, 9.17) is 4.42 Å². The highest BCUT2D eigenvalue weighted by molar-refractivity contribution is 7.89. The van der Waals surface area contributed by atoms with Gasteiger partial charge in [0.1, 0.15) is 11.6 Å². The van der Waals surface area contributed by atoms with Crippen LogP contribution < -0.4 is 10.0 Å². The number of amides is 1. The highest BCUT2D eigenvalue weighted by Crippen LogP contribution is 2.19. The molecular formula is C21H17FN4O4S. The average Bonchev–Trinajstić information content (AvgIpc) is 3.47. The maximum Gasteiger partial charge on any atom is 0.255 e. The topological polar surface area (TPSA) is 106 Å². The predicted octanol–water partition coefficient (Wildman–Crippen LogP) is 3.34. The molecule has 0 aliphatic heterocycles. The molecule has 0 spiro atoms. The molecular weight excluding hydrogens is 423 g/mol. The molecule has 0 aliphatic carbocycles. The van der Waals surface area contributed by atoms with E-state index in [1.54, 1.807) is 24.4 Å². The fourth-order valence-corrected chi connectivity index (χ4v) is 3.84. The van der Waals surface area contributed by atoms with Gasteiger partial charge in [-0.2, -0.15) is 0 Å². The summed E-state index contributed by atoms with van der Waals surface area (Å²) in [4.78, 5) is 16.3. The summed E-state index contributed by atoms with van der Waals surface area (Å²) in [6.45, 7) is 0.0121. The normalized spacial score (nSPS) is 11.4. The quantitative estimate of drug-likeness (QED) is 0.459. The number of nitrogens with zero attached hydrogens (tertiary/aromatic N) is 2. The summed E-state index contributed by atoms with van der Waals surface area (Å²) < 4.78 is 48.1. The van der Waals surface area contributed by atoms with Gasteiger partial charge in [0.05, 0.1) is 29.7 Å². The molecule has 0 saturated heterocycles. The van der Waals surface area contributed by atoms with Crippen molar-refractivity contribution in [2.75, 3.05) is 5.32 Å². The zero-order chi connectivity index (χ0) is 21.8. The molecule has 0 saturated carbocycles. The minimum Gasteiger partial charge on any atom is -0.468 e. The predicted molar refractivity (Wildman–Crippen MR) is 111 cm³/mol. The van der Waals surface area contributed by atoms with Crippen LogP contribution in [0.3, 0.4) is 0 Å². The Bertz CT molecular complexity index is 1290. The van der Waals surface area contributed by atoms with Gasteiger partial charge in [-0.3, -0.25) is 4.79 Å². The molecule has 10 heteroatoms. The van der Waals surface area contributed by atoms with Crippen LogP contribution in [0.2, 0.25) is 0 Å². The Morgan fingerprint density at radius 1 is 1.13 bits per heavy atom. The van der Waals surface area contributed by atoms with Crippen LogP contribution in [-0.4, -0.2) is 23.9 Å². The number of carbonyl (C=O) groups excluding carboxylic acids is 1. The van der Waals surface area contributed by atoms with Crippen molar-refractivity contribution in [3.8, 4) is 5.69 Å². The second kappa shape index (κ2) is 8.54. The maximum absolute atomic E-state index is 14.3. The fraction of sp³-hybridized carbons (Fsp3) is 0.0476. The Balaban J connectivity index is 1.43. The number of rotatable bonds is 7. The summed E-state index contributed by atoms with van der Waals surface area (Å²) in [6.07, 6.45) is 6.06. The van der Waals surface area contributed by atoms with E-state index in [2.05, 4.69) is 15.0 Å². The lowest BCUT2D eigenvalue weighted by molar-refractivity contribution is 0.102. The lowest BCUT2D eigenvalue weighted by Gasteiger charge is -2.09. The molecule has 0 aliphatic rings. The molecule has 2 N–H and O–H groups in total. The van der Waals surface area contributed by atoms with Gasteiger partial charge in [0.15, 0.2) is 0 Å². The molecule has 0 atom stereocenters. The first-order valence-electron chi connectivity index (χ1n) is 9.14. The third-order valence-corrected chi connectivity index (χ3v) is 5.85. The number of sulfonamides is 1. The molecule has 4 aromatic rings. The number of benzene rings is 2. The standard InChI is InChI=1S/C21H17FN4O4S/c22-19-12-16(5-8-20(19)26-10-9-23-14-26)25-21(27)15-3-6-18(7-4-15)31(28,29)24-13-17-2-1-11-30-17/h1-12,14,24H,13H2,(H,25,27). The summed E-state index contributed by atoms with van der Waals surface area (Å²) in [5.41, 5.74) is 0.791. The van der Waals surface area contributed by atoms with Gasteiger partial charge >= 0.3 is 0 Å². The van der Waals surface area contributed by atoms with Gasteiger partial charge in [0.25, 0.3) is 5.91 Å². The number of carbonyl (C=O) groups is 1. The SMILES string of the molecule is O=C(Nc1ccc(-n2ccnc2)c(F)c1)c1ccc(S(=O)(=O)NCc2ccco2)cc1. The molecule has 2 aromatic heterocycles. The third kappa shape index (κ3) is 4.71. The Kier molecular flexibility index (Phi) is 5.65. The minimum absolute atomic E-state index is 0.00587. The van der Waals surface area contributed by atoms with Crippen LogP contribution in [0.15, 0.2) is 88.9 Å². The average molecular weight is 440 g/mol. The largest absolute Gasteiger partial charge is 0.468 e. The second-order valence-corrected chi connectivity index (χ2v) is 8.29. The molecule has 2 aromatic carbocycles. The van der Waals surface area contributed by atoms with Gasteiger partial charge < -0.3 is 14.3 Å². The Labute approximate surface area is 177 Å². The van der Waals surface area contributed by atoms with Crippen LogP contribution >= 0.6 is 0 Å². The van der Waals surface area contributed by atoms with Crippen LogP contribution in [0.5, 0.6) is 0 Å². The van der Waals surface area contributed by atoms with E-state index in [0.717, 1.165) is 0 Å². The number of nitrogens with one attached hydrogen (secondary N) is 2. The van der Waals surface area contributed by atoms with Crippen LogP contribution in [0.1, 0.15) is 16.1 Å². The highest BCUT2D eigenvalue weighted by Gasteiger charge is 2.16. The van der Waals surface area contributed by atoms with E-state index < -0.39 is 21.7 Å². The van der Waals surface area contributed by atoms with Crippen molar-refractivity contribution in [1.82, 2.24) is 14.3 Å². The molecule has 0 fully saturated rings.